The molecule has 0 saturated heterocycles. The number of hydrogen-bond acceptors (Lipinski definition) is 5. The summed E-state index contributed by atoms with van der Waals surface area (Å²) in [6.07, 6.45) is 1.54. The van der Waals surface area contributed by atoms with Gasteiger partial charge in [0.05, 0.1) is 17.6 Å². The number of nitrogens with one attached hydrogen (secondary N) is 2. The molecule has 0 atom stereocenters. The van der Waals surface area contributed by atoms with Crippen LogP contribution in [-0.2, 0) is 14.8 Å². The molecule has 0 saturated carbocycles. The molecular weight excluding hydrogens is 356 g/mol. The van der Waals surface area contributed by atoms with E-state index in [-0.39, 0.29) is 22.1 Å². The van der Waals surface area contributed by atoms with Crippen LogP contribution in [0.15, 0.2) is 66.1 Å². The number of carbonyl (C=O) groups excluding carboxylic acids is 2. The molecule has 2 aromatic rings. The number of anilines is 1. The predicted molar refractivity (Wildman–Crippen MR) is 97.6 cm³/mol. The van der Waals surface area contributed by atoms with Crippen LogP contribution in [0.4, 0.5) is 5.69 Å². The highest BCUT2D eigenvalue weighted by molar-refractivity contribution is 7.92. The van der Waals surface area contributed by atoms with Crippen LogP contribution in [0, 0.1) is 0 Å². The fourth-order valence-corrected chi connectivity index (χ4v) is 3.14. The van der Waals surface area contributed by atoms with Gasteiger partial charge in [0.1, 0.15) is 0 Å². The van der Waals surface area contributed by atoms with Crippen molar-refractivity contribution in [2.24, 2.45) is 0 Å². The Morgan fingerprint density at radius 3 is 2.42 bits per heavy atom. The number of benzene rings is 2. The molecule has 1 amide bonds. The van der Waals surface area contributed by atoms with Gasteiger partial charge in [0.2, 0.25) is 0 Å². The molecule has 0 aliphatic rings. The van der Waals surface area contributed by atoms with Gasteiger partial charge in [0.15, 0.2) is 0 Å². The highest BCUT2D eigenvalue weighted by Crippen LogP contribution is 2.18. The minimum absolute atomic E-state index is 0.0127. The van der Waals surface area contributed by atoms with E-state index in [4.69, 9.17) is 0 Å². The zero-order chi connectivity index (χ0) is 19.2. The Labute approximate surface area is 151 Å². The SMILES string of the molecule is C=CCNC(=O)c1ccc(S(=O)(=O)Nc2cccc(C(=O)OC)c2)cc1. The number of sulfonamides is 1. The minimum Gasteiger partial charge on any atom is -0.465 e. The lowest BCUT2D eigenvalue weighted by Gasteiger charge is -2.10. The summed E-state index contributed by atoms with van der Waals surface area (Å²) in [6, 6.07) is 11.4. The molecule has 136 valence electrons. The predicted octanol–water partition coefficient (Wildman–Crippen LogP) is 2.19. The zero-order valence-corrected chi connectivity index (χ0v) is 14.9. The number of ether oxygens (including phenoxy) is 1. The van der Waals surface area contributed by atoms with E-state index in [1.165, 1.54) is 55.6 Å². The molecule has 0 fully saturated rings. The van der Waals surface area contributed by atoms with E-state index in [9.17, 15) is 18.0 Å². The van der Waals surface area contributed by atoms with Gasteiger partial charge in [-0.3, -0.25) is 9.52 Å². The van der Waals surface area contributed by atoms with Crippen LogP contribution < -0.4 is 10.0 Å². The number of esters is 1. The summed E-state index contributed by atoms with van der Waals surface area (Å²) in [4.78, 5) is 23.3. The number of carbonyl (C=O) groups is 2. The van der Waals surface area contributed by atoms with Gasteiger partial charge in [-0.25, -0.2) is 13.2 Å². The molecule has 0 aromatic heterocycles. The van der Waals surface area contributed by atoms with Gasteiger partial charge in [-0.2, -0.15) is 0 Å². The van der Waals surface area contributed by atoms with Crippen LogP contribution in [0.2, 0.25) is 0 Å². The van der Waals surface area contributed by atoms with E-state index in [1.54, 1.807) is 6.08 Å². The van der Waals surface area contributed by atoms with Gasteiger partial charge in [-0.15, -0.1) is 6.58 Å². The minimum atomic E-state index is -3.87. The molecular formula is C18H18N2O5S. The maximum Gasteiger partial charge on any atom is 0.337 e. The van der Waals surface area contributed by atoms with Gasteiger partial charge >= 0.3 is 5.97 Å². The Bertz CT molecular complexity index is 921. The third-order valence-corrected chi connectivity index (χ3v) is 4.77. The van der Waals surface area contributed by atoms with Gasteiger partial charge in [-0.05, 0) is 42.5 Å². The van der Waals surface area contributed by atoms with Crippen molar-refractivity contribution < 1.29 is 22.7 Å². The number of hydrogen-bond donors (Lipinski definition) is 2. The summed E-state index contributed by atoms with van der Waals surface area (Å²) >= 11 is 0. The summed E-state index contributed by atoms with van der Waals surface area (Å²) in [5, 5.41) is 2.60. The molecule has 2 aromatic carbocycles. The quantitative estimate of drug-likeness (QED) is 0.571. The lowest BCUT2D eigenvalue weighted by Crippen LogP contribution is -2.23. The van der Waals surface area contributed by atoms with E-state index in [1.807, 2.05) is 0 Å². The number of amides is 1. The molecule has 0 heterocycles. The van der Waals surface area contributed by atoms with E-state index in [2.05, 4.69) is 21.4 Å². The third kappa shape index (κ3) is 4.70. The van der Waals surface area contributed by atoms with Crippen molar-refractivity contribution in [1.29, 1.82) is 0 Å². The molecule has 0 aliphatic heterocycles. The van der Waals surface area contributed by atoms with E-state index in [0.29, 0.717) is 12.1 Å². The highest BCUT2D eigenvalue weighted by atomic mass is 32.2. The van der Waals surface area contributed by atoms with Crippen molar-refractivity contribution >= 4 is 27.6 Å². The van der Waals surface area contributed by atoms with Crippen molar-refractivity contribution in [2.45, 2.75) is 4.90 Å². The second-order valence-corrected chi connectivity index (χ2v) is 6.88. The largest absolute Gasteiger partial charge is 0.465 e. The summed E-state index contributed by atoms with van der Waals surface area (Å²) in [5.41, 5.74) is 0.779. The standard InChI is InChI=1S/C18H18N2O5S/c1-3-11-19-17(21)13-7-9-16(10-8-13)26(23,24)20-15-6-4-5-14(12-15)18(22)25-2/h3-10,12,20H,1,11H2,2H3,(H,19,21). The summed E-state index contributed by atoms with van der Waals surface area (Å²) in [7, 11) is -2.63. The monoisotopic (exact) mass is 374 g/mol. The Balaban J connectivity index is 2.19. The molecule has 7 nitrogen and oxygen atoms in total. The van der Waals surface area contributed by atoms with Gasteiger partial charge in [-0.1, -0.05) is 12.1 Å². The smallest absolute Gasteiger partial charge is 0.337 e. The second kappa shape index (κ2) is 8.30. The highest BCUT2D eigenvalue weighted by Gasteiger charge is 2.16. The van der Waals surface area contributed by atoms with Gasteiger partial charge in [0, 0.05) is 17.8 Å². The van der Waals surface area contributed by atoms with E-state index < -0.39 is 16.0 Å². The first-order valence-corrected chi connectivity index (χ1v) is 9.06. The molecule has 0 spiro atoms. The van der Waals surface area contributed by atoms with Crippen molar-refractivity contribution in [2.75, 3.05) is 18.4 Å². The molecule has 8 heteroatoms. The summed E-state index contributed by atoms with van der Waals surface area (Å²) in [6.45, 7) is 3.82. The Morgan fingerprint density at radius 2 is 1.81 bits per heavy atom. The molecule has 2 N–H and O–H groups in total. The first kappa shape index (κ1) is 19.2. The maximum atomic E-state index is 12.5. The molecule has 0 unspecified atom stereocenters. The van der Waals surface area contributed by atoms with Crippen LogP contribution >= 0.6 is 0 Å². The fraction of sp³-hybridized carbons (Fsp3) is 0.111. The van der Waals surface area contributed by atoms with Crippen molar-refractivity contribution in [3.05, 3.63) is 72.3 Å². The van der Waals surface area contributed by atoms with Crippen molar-refractivity contribution in [3.8, 4) is 0 Å². The Kier molecular flexibility index (Phi) is 6.13. The van der Waals surface area contributed by atoms with E-state index >= 15 is 0 Å². The van der Waals surface area contributed by atoms with Crippen LogP contribution in [0.5, 0.6) is 0 Å². The lowest BCUT2D eigenvalue weighted by molar-refractivity contribution is 0.0600. The maximum absolute atomic E-state index is 12.5. The molecule has 0 radical (unpaired) electrons. The van der Waals surface area contributed by atoms with Crippen molar-refractivity contribution in [3.63, 3.8) is 0 Å². The lowest BCUT2D eigenvalue weighted by atomic mass is 10.2. The average Bonchev–Trinajstić information content (AvgIpc) is 2.65. The third-order valence-electron chi connectivity index (χ3n) is 3.37. The normalized spacial score (nSPS) is 10.7. The second-order valence-electron chi connectivity index (χ2n) is 5.20. The van der Waals surface area contributed by atoms with Crippen molar-refractivity contribution in [1.82, 2.24) is 5.32 Å². The van der Waals surface area contributed by atoms with Gasteiger partial charge in [0.25, 0.3) is 15.9 Å². The molecule has 0 aliphatic carbocycles. The zero-order valence-electron chi connectivity index (χ0n) is 14.1. The summed E-state index contributed by atoms with van der Waals surface area (Å²) in [5.74, 6) is -0.895. The van der Waals surface area contributed by atoms with Crippen LogP contribution in [0.3, 0.4) is 0 Å². The first-order valence-electron chi connectivity index (χ1n) is 7.57. The number of methoxy groups -OCH3 is 1. The van der Waals surface area contributed by atoms with Gasteiger partial charge < -0.3 is 10.1 Å². The summed E-state index contributed by atoms with van der Waals surface area (Å²) < 4.78 is 31.9. The molecule has 2 rings (SSSR count). The topological polar surface area (TPSA) is 102 Å². The molecule has 0 bridgehead atoms. The van der Waals surface area contributed by atoms with Crippen LogP contribution in [-0.4, -0.2) is 33.9 Å². The van der Waals surface area contributed by atoms with Crippen LogP contribution in [0.25, 0.3) is 0 Å². The Morgan fingerprint density at radius 1 is 1.12 bits per heavy atom. The molecule has 26 heavy (non-hydrogen) atoms. The van der Waals surface area contributed by atoms with E-state index in [0.717, 1.165) is 0 Å². The average molecular weight is 374 g/mol. The van der Waals surface area contributed by atoms with Crippen LogP contribution in [0.1, 0.15) is 20.7 Å². The number of rotatable bonds is 7. The fourth-order valence-electron chi connectivity index (χ4n) is 2.09. The first-order chi connectivity index (χ1) is 12.4. The Hall–Kier alpha value is -3.13.